The zero-order valence-corrected chi connectivity index (χ0v) is 22.9. The van der Waals surface area contributed by atoms with Crippen LogP contribution in [0.25, 0.3) is 0 Å². The normalized spacial score (nSPS) is 32.4. The standard InChI is InChI=1S/C27H23Br2FN2O5/c1-12-8-16(37-27(36)13-9-20(33)31(11-13)15-4-2-14(30)3-5-15)6-7-19(12)32-25(34)21-17-10-18(22(21)26(32)35)24(29)23(17)28/h2-8,13,17-18,21-24H,9-11H2,1H3/t13-,17-,18-,21-,22+,23-,24+/m1/s1. The van der Waals surface area contributed by atoms with E-state index in [9.17, 15) is 23.6 Å². The molecule has 7 nitrogen and oxygen atoms in total. The molecular weight excluding hydrogens is 611 g/mol. The van der Waals surface area contributed by atoms with Gasteiger partial charge in [-0.3, -0.25) is 19.2 Å². The van der Waals surface area contributed by atoms with Gasteiger partial charge >= 0.3 is 5.97 Å². The highest BCUT2D eigenvalue weighted by molar-refractivity contribution is 9.12. The van der Waals surface area contributed by atoms with Crippen LogP contribution in [0.1, 0.15) is 18.4 Å². The van der Waals surface area contributed by atoms with E-state index in [2.05, 4.69) is 31.9 Å². The van der Waals surface area contributed by atoms with Crippen LogP contribution in [0.4, 0.5) is 15.8 Å². The molecule has 0 unspecified atom stereocenters. The van der Waals surface area contributed by atoms with Gasteiger partial charge in [-0.2, -0.15) is 0 Å². The molecule has 2 aliphatic heterocycles. The summed E-state index contributed by atoms with van der Waals surface area (Å²) < 4.78 is 18.8. The lowest BCUT2D eigenvalue weighted by atomic mass is 9.81. The largest absolute Gasteiger partial charge is 0.426 e. The maximum absolute atomic E-state index is 13.4. The Balaban J connectivity index is 1.16. The van der Waals surface area contributed by atoms with Gasteiger partial charge < -0.3 is 9.64 Å². The Hall–Kier alpha value is -2.59. The van der Waals surface area contributed by atoms with E-state index < -0.39 is 17.7 Å². The number of hydrogen-bond acceptors (Lipinski definition) is 5. The third-order valence-electron chi connectivity index (χ3n) is 8.21. The molecule has 2 aliphatic carbocycles. The van der Waals surface area contributed by atoms with Crippen molar-refractivity contribution < 1.29 is 28.3 Å². The lowest BCUT2D eigenvalue weighted by molar-refractivity contribution is -0.139. The van der Waals surface area contributed by atoms with Crippen molar-refractivity contribution in [3.63, 3.8) is 0 Å². The van der Waals surface area contributed by atoms with Crippen LogP contribution in [0.5, 0.6) is 5.75 Å². The molecule has 2 saturated carbocycles. The number of imide groups is 1. The van der Waals surface area contributed by atoms with Crippen molar-refractivity contribution in [3.05, 3.63) is 53.8 Å². The number of ether oxygens (including phenoxy) is 1. The molecule has 192 valence electrons. The molecule has 2 aromatic carbocycles. The summed E-state index contributed by atoms with van der Waals surface area (Å²) in [6.07, 6.45) is 0.862. The first-order chi connectivity index (χ1) is 17.7. The Morgan fingerprint density at radius 2 is 1.59 bits per heavy atom. The molecule has 2 aromatic rings. The Morgan fingerprint density at radius 3 is 2.19 bits per heavy atom. The summed E-state index contributed by atoms with van der Waals surface area (Å²) in [4.78, 5) is 55.1. The summed E-state index contributed by atoms with van der Waals surface area (Å²) in [5, 5.41) is 0. The smallest absolute Gasteiger partial charge is 0.316 e. The first-order valence-corrected chi connectivity index (χ1v) is 14.0. The molecular formula is C27H23Br2FN2O5. The first-order valence-electron chi connectivity index (χ1n) is 12.2. The number of anilines is 2. The number of amides is 3. The van der Waals surface area contributed by atoms with Gasteiger partial charge in [-0.1, -0.05) is 31.9 Å². The lowest BCUT2D eigenvalue weighted by Crippen LogP contribution is -2.37. The zero-order valence-electron chi connectivity index (χ0n) is 19.8. The second kappa shape index (κ2) is 9.01. The number of benzene rings is 2. The third kappa shape index (κ3) is 3.86. The van der Waals surface area contributed by atoms with Gasteiger partial charge in [0.25, 0.3) is 0 Å². The number of aryl methyl sites for hydroxylation is 1. The second-order valence-electron chi connectivity index (χ2n) is 10.3. The van der Waals surface area contributed by atoms with Gasteiger partial charge in [-0.05, 0) is 73.2 Å². The molecule has 3 amide bonds. The molecule has 7 atom stereocenters. The van der Waals surface area contributed by atoms with Gasteiger partial charge in [-0.15, -0.1) is 0 Å². The van der Waals surface area contributed by atoms with Crippen molar-refractivity contribution >= 4 is 66.9 Å². The Morgan fingerprint density at radius 1 is 0.973 bits per heavy atom. The molecule has 10 heteroatoms. The molecule has 2 heterocycles. The van der Waals surface area contributed by atoms with Gasteiger partial charge in [0.15, 0.2) is 0 Å². The molecule has 0 N–H and O–H groups in total. The maximum Gasteiger partial charge on any atom is 0.316 e. The molecule has 4 aliphatic rings. The maximum atomic E-state index is 13.4. The third-order valence-corrected chi connectivity index (χ3v) is 11.4. The summed E-state index contributed by atoms with van der Waals surface area (Å²) in [5.74, 6) is -2.25. The predicted octanol–water partition coefficient (Wildman–Crippen LogP) is 4.37. The quantitative estimate of drug-likeness (QED) is 0.216. The molecule has 2 bridgehead atoms. The minimum absolute atomic E-state index is 0.00169. The minimum atomic E-state index is -0.663. The van der Waals surface area contributed by atoms with Crippen LogP contribution in [-0.4, -0.2) is 39.9 Å². The summed E-state index contributed by atoms with van der Waals surface area (Å²) in [6.45, 7) is 1.91. The van der Waals surface area contributed by atoms with Crippen LogP contribution in [0.2, 0.25) is 0 Å². The highest BCUT2D eigenvalue weighted by Crippen LogP contribution is 2.60. The van der Waals surface area contributed by atoms with Crippen molar-refractivity contribution in [2.75, 3.05) is 16.3 Å². The second-order valence-corrected chi connectivity index (χ2v) is 12.4. The van der Waals surface area contributed by atoms with Crippen molar-refractivity contribution in [1.29, 1.82) is 0 Å². The molecule has 4 fully saturated rings. The molecule has 37 heavy (non-hydrogen) atoms. The number of alkyl halides is 2. The molecule has 6 rings (SSSR count). The number of rotatable bonds is 4. The number of halogens is 3. The van der Waals surface area contributed by atoms with Gasteiger partial charge in [-0.25, -0.2) is 9.29 Å². The van der Waals surface area contributed by atoms with Crippen LogP contribution >= 0.6 is 31.9 Å². The molecule has 0 radical (unpaired) electrons. The predicted molar refractivity (Wildman–Crippen MR) is 140 cm³/mol. The van der Waals surface area contributed by atoms with Crippen LogP contribution < -0.4 is 14.5 Å². The first kappa shape index (κ1) is 24.7. The van der Waals surface area contributed by atoms with Gasteiger partial charge in [0, 0.05) is 28.3 Å². The Bertz CT molecular complexity index is 1300. The summed E-state index contributed by atoms with van der Waals surface area (Å²) in [7, 11) is 0. The Kier molecular flexibility index (Phi) is 6.02. The number of fused-ring (bicyclic) bond motifs is 5. The van der Waals surface area contributed by atoms with Crippen LogP contribution in [0, 0.1) is 42.3 Å². The molecule has 0 spiro atoms. The SMILES string of the molecule is Cc1cc(OC(=O)[C@@H]2CC(=O)N(c3ccc(F)cc3)C2)ccc1N1C(=O)[C@@H]2[C@H]3C[C@@H]([C@H](Br)[C@@H]3Br)[C@@H]2C1=O. The fourth-order valence-corrected chi connectivity index (χ4v) is 8.34. The fourth-order valence-electron chi connectivity index (χ4n) is 6.46. The highest BCUT2D eigenvalue weighted by Gasteiger charge is 2.66. The zero-order chi connectivity index (χ0) is 26.2. The van der Waals surface area contributed by atoms with E-state index in [4.69, 9.17) is 4.74 Å². The van der Waals surface area contributed by atoms with Crippen LogP contribution in [-0.2, 0) is 19.2 Å². The van der Waals surface area contributed by atoms with Crippen LogP contribution in [0.3, 0.4) is 0 Å². The van der Waals surface area contributed by atoms with E-state index in [0.29, 0.717) is 16.9 Å². The topological polar surface area (TPSA) is 84.0 Å². The van der Waals surface area contributed by atoms with Crippen molar-refractivity contribution in [3.8, 4) is 5.75 Å². The average molecular weight is 634 g/mol. The molecule has 0 aromatic heterocycles. The van der Waals surface area contributed by atoms with Crippen molar-refractivity contribution in [1.82, 2.24) is 0 Å². The van der Waals surface area contributed by atoms with Crippen molar-refractivity contribution in [2.24, 2.45) is 29.6 Å². The number of carbonyl (C=O) groups excluding carboxylic acids is 4. The summed E-state index contributed by atoms with van der Waals surface area (Å²) >= 11 is 7.40. The molecule has 2 saturated heterocycles. The fraction of sp³-hybridized carbons (Fsp3) is 0.407. The van der Waals surface area contributed by atoms with Gasteiger partial charge in [0.05, 0.1) is 23.4 Å². The summed E-state index contributed by atoms with van der Waals surface area (Å²) in [6, 6.07) is 10.4. The minimum Gasteiger partial charge on any atom is -0.426 e. The van der Waals surface area contributed by atoms with Gasteiger partial charge in [0.1, 0.15) is 11.6 Å². The van der Waals surface area contributed by atoms with E-state index in [1.807, 2.05) is 0 Å². The average Bonchev–Trinajstić information content (AvgIpc) is 3.58. The Labute approximate surface area is 229 Å². The highest BCUT2D eigenvalue weighted by atomic mass is 79.9. The van der Waals surface area contributed by atoms with Gasteiger partial charge in [0.2, 0.25) is 17.7 Å². The summed E-state index contributed by atoms with van der Waals surface area (Å²) in [5.41, 5.74) is 1.66. The monoisotopic (exact) mass is 632 g/mol. The van der Waals surface area contributed by atoms with E-state index in [-0.39, 0.29) is 69.8 Å². The lowest BCUT2D eigenvalue weighted by Gasteiger charge is -2.28. The number of esters is 1. The number of nitrogens with zero attached hydrogens (tertiary/aromatic N) is 2. The number of carbonyl (C=O) groups is 4. The van der Waals surface area contributed by atoms with E-state index >= 15 is 0 Å². The van der Waals surface area contributed by atoms with E-state index in [1.165, 1.54) is 34.1 Å². The number of hydrogen-bond donors (Lipinski definition) is 0. The van der Waals surface area contributed by atoms with Crippen LogP contribution in [0.15, 0.2) is 42.5 Å². The van der Waals surface area contributed by atoms with E-state index in [0.717, 1.165) is 6.42 Å². The van der Waals surface area contributed by atoms with E-state index in [1.54, 1.807) is 25.1 Å². The van der Waals surface area contributed by atoms with Crippen molar-refractivity contribution in [2.45, 2.75) is 29.4 Å².